The van der Waals surface area contributed by atoms with Crippen LogP contribution in [-0.4, -0.2) is 36.2 Å². The Labute approximate surface area is 68.0 Å². The minimum Gasteiger partial charge on any atom is -0.711 e. The molecule has 0 fully saturated rings. The summed E-state index contributed by atoms with van der Waals surface area (Å²) in [7, 11) is 0. The van der Waals surface area contributed by atoms with E-state index in [4.69, 9.17) is 16.4 Å². The van der Waals surface area contributed by atoms with Gasteiger partial charge < -0.3 is 26.2 Å². The Hall–Kier alpha value is -1.50. The van der Waals surface area contributed by atoms with Crippen LogP contribution in [0.5, 0.6) is 0 Å². The number of carbonyl (C=O) groups is 2. The van der Waals surface area contributed by atoms with Crippen LogP contribution in [0.15, 0.2) is 5.11 Å². The van der Waals surface area contributed by atoms with Gasteiger partial charge in [-0.05, 0) is 0 Å². The highest BCUT2D eigenvalue weighted by Gasteiger charge is 2.13. The van der Waals surface area contributed by atoms with Crippen LogP contribution in [0.1, 0.15) is 0 Å². The summed E-state index contributed by atoms with van der Waals surface area (Å²) in [5, 5.41) is 10.7. The summed E-state index contributed by atoms with van der Waals surface area (Å²) in [5.41, 5.74) is 12.9. The fourth-order valence-corrected chi connectivity index (χ4v) is 0.357. The predicted molar refractivity (Wildman–Crippen MR) is 37.2 cm³/mol. The van der Waals surface area contributed by atoms with E-state index in [0.717, 1.165) is 0 Å². The van der Waals surface area contributed by atoms with Crippen molar-refractivity contribution in [1.29, 1.82) is 0 Å². The Bertz CT molecular complexity index is 193. The lowest BCUT2D eigenvalue weighted by Gasteiger charge is -2.06. The third-order valence-corrected chi connectivity index (χ3v) is 0.941. The van der Waals surface area contributed by atoms with Crippen molar-refractivity contribution in [2.24, 2.45) is 10.8 Å². The zero-order valence-electron chi connectivity index (χ0n) is 6.14. The van der Waals surface area contributed by atoms with Crippen molar-refractivity contribution < 1.29 is 19.4 Å². The largest absolute Gasteiger partial charge is 0.711 e. The maximum Gasteiger partial charge on any atom is 0.325 e. The molecule has 0 spiro atoms. The second kappa shape index (κ2) is 5.19. The van der Waals surface area contributed by atoms with Crippen LogP contribution >= 0.6 is 0 Å². The van der Waals surface area contributed by atoms with Gasteiger partial charge in [-0.1, -0.05) is 0 Å². The molecular formula is C5H8N3O4-. The molecule has 0 bridgehead atoms. The summed E-state index contributed by atoms with van der Waals surface area (Å²) < 4.78 is 4.31. The molecule has 0 saturated heterocycles. The number of carboxylic acids is 1. The molecule has 7 heteroatoms. The lowest BCUT2D eigenvalue weighted by molar-refractivity contribution is -0.146. The molecule has 0 heterocycles. The summed E-state index contributed by atoms with van der Waals surface area (Å²) in [5.74, 6) is -2.09. The van der Waals surface area contributed by atoms with Gasteiger partial charge in [0.15, 0.2) is 0 Å². The van der Waals surface area contributed by atoms with Gasteiger partial charge in [-0.25, -0.2) is 0 Å². The van der Waals surface area contributed by atoms with E-state index >= 15 is 0 Å². The van der Waals surface area contributed by atoms with E-state index < -0.39 is 31.1 Å². The second-order valence-corrected chi connectivity index (χ2v) is 1.93. The second-order valence-electron chi connectivity index (χ2n) is 1.93. The highest BCUT2D eigenvalue weighted by molar-refractivity contribution is 5.75. The van der Waals surface area contributed by atoms with Crippen LogP contribution in [0.25, 0.3) is 5.53 Å². The standard InChI is InChI=1S/C5H8N3O4/c6-3(5(10)11)2-12-4(9)1-8-7/h3H,1-2,6H2,(H,10,11)/q-1/t3-/m0/s1. The van der Waals surface area contributed by atoms with Gasteiger partial charge in [0.05, 0.1) is 0 Å². The minimum absolute atomic E-state index is 0.427. The van der Waals surface area contributed by atoms with Crippen LogP contribution in [0.4, 0.5) is 0 Å². The van der Waals surface area contributed by atoms with E-state index in [9.17, 15) is 9.59 Å². The first-order valence-electron chi connectivity index (χ1n) is 3.02. The van der Waals surface area contributed by atoms with Crippen LogP contribution in [-0.2, 0) is 14.3 Å². The molecule has 3 N–H and O–H groups in total. The fourth-order valence-electron chi connectivity index (χ4n) is 0.357. The van der Waals surface area contributed by atoms with Crippen molar-refractivity contribution in [2.75, 3.05) is 13.2 Å². The Morgan fingerprint density at radius 2 is 2.25 bits per heavy atom. The molecule has 0 rings (SSSR count). The van der Waals surface area contributed by atoms with Crippen molar-refractivity contribution >= 4 is 11.9 Å². The molecular weight excluding hydrogens is 166 g/mol. The molecule has 0 unspecified atom stereocenters. The number of hydrogen-bond donors (Lipinski definition) is 2. The number of rotatable bonds is 5. The van der Waals surface area contributed by atoms with Crippen LogP contribution in [0, 0.1) is 0 Å². The van der Waals surface area contributed by atoms with Gasteiger partial charge >= 0.3 is 11.9 Å². The Balaban J connectivity index is 3.60. The molecule has 0 saturated carbocycles. The zero-order chi connectivity index (χ0) is 9.56. The first-order chi connectivity index (χ1) is 5.57. The molecule has 0 aliphatic carbocycles. The van der Waals surface area contributed by atoms with Crippen molar-refractivity contribution in [1.82, 2.24) is 0 Å². The average Bonchev–Trinajstić information content (AvgIpc) is 2.00. The molecule has 7 nitrogen and oxygen atoms in total. The van der Waals surface area contributed by atoms with Crippen molar-refractivity contribution in [3.05, 3.63) is 5.53 Å². The van der Waals surface area contributed by atoms with E-state index in [1.54, 1.807) is 0 Å². The van der Waals surface area contributed by atoms with Gasteiger partial charge in [0.1, 0.15) is 19.2 Å². The molecule has 0 aromatic carbocycles. The molecule has 0 amide bonds. The molecule has 0 radical (unpaired) electrons. The van der Waals surface area contributed by atoms with E-state index in [1.165, 1.54) is 0 Å². The van der Waals surface area contributed by atoms with Crippen LogP contribution in [0.3, 0.4) is 0 Å². The fraction of sp³-hybridized carbons (Fsp3) is 0.600. The van der Waals surface area contributed by atoms with E-state index in [-0.39, 0.29) is 0 Å². The number of nitrogens with two attached hydrogens (primary N) is 1. The number of nitrogens with zero attached hydrogens (tertiary/aromatic N) is 2. The van der Waals surface area contributed by atoms with Gasteiger partial charge in [-0.15, -0.1) is 0 Å². The number of carboxylic acid groups (broad SMARTS) is 1. The summed E-state index contributed by atoms with van der Waals surface area (Å²) >= 11 is 0. The number of hydrogen-bond acceptors (Lipinski definition) is 5. The van der Waals surface area contributed by atoms with Gasteiger partial charge in [0.25, 0.3) is 0 Å². The smallest absolute Gasteiger partial charge is 0.325 e. The van der Waals surface area contributed by atoms with E-state index in [0.29, 0.717) is 0 Å². The van der Waals surface area contributed by atoms with Gasteiger partial charge in [0.2, 0.25) is 0 Å². The monoisotopic (exact) mass is 174 g/mol. The van der Waals surface area contributed by atoms with E-state index in [1.807, 2.05) is 0 Å². The normalized spacial score (nSPS) is 11.8. The van der Waals surface area contributed by atoms with Crippen LogP contribution < -0.4 is 5.73 Å². The zero-order valence-corrected chi connectivity index (χ0v) is 6.14. The molecule has 68 valence electrons. The third kappa shape index (κ3) is 4.34. The SMILES string of the molecule is [N-]=NCC(=O)OC[C@H](N)C(=O)O. The maximum atomic E-state index is 10.4. The number of carbonyl (C=O) groups excluding carboxylic acids is 1. The first kappa shape index (κ1) is 10.5. The molecule has 1 atom stereocenters. The molecule has 12 heavy (non-hydrogen) atoms. The average molecular weight is 174 g/mol. The van der Waals surface area contributed by atoms with Gasteiger partial charge in [-0.3, -0.25) is 9.59 Å². The highest BCUT2D eigenvalue weighted by Crippen LogP contribution is 1.84. The Morgan fingerprint density at radius 3 is 2.67 bits per heavy atom. The highest BCUT2D eigenvalue weighted by atomic mass is 16.5. The number of aliphatic carboxylic acids is 1. The van der Waals surface area contributed by atoms with E-state index in [2.05, 4.69) is 9.85 Å². The molecule has 0 aliphatic heterocycles. The molecule has 0 aromatic heterocycles. The number of esters is 1. The van der Waals surface area contributed by atoms with Crippen molar-refractivity contribution in [2.45, 2.75) is 6.04 Å². The topological polar surface area (TPSA) is 124 Å². The third-order valence-electron chi connectivity index (χ3n) is 0.941. The number of ether oxygens (including phenoxy) is 1. The summed E-state index contributed by atoms with van der Waals surface area (Å²) in [6, 6.07) is -1.24. The van der Waals surface area contributed by atoms with Crippen molar-refractivity contribution in [3.8, 4) is 0 Å². The van der Waals surface area contributed by atoms with Crippen LogP contribution in [0.2, 0.25) is 0 Å². The van der Waals surface area contributed by atoms with Gasteiger partial charge in [-0.2, -0.15) is 0 Å². The summed E-state index contributed by atoms with van der Waals surface area (Å²) in [6.45, 7) is -0.948. The lowest BCUT2D eigenvalue weighted by Crippen LogP contribution is -2.36. The lowest BCUT2D eigenvalue weighted by atomic mass is 10.3. The van der Waals surface area contributed by atoms with Crippen molar-refractivity contribution in [3.63, 3.8) is 0 Å². The first-order valence-corrected chi connectivity index (χ1v) is 3.02. The van der Waals surface area contributed by atoms with Gasteiger partial charge in [0, 0.05) is 0 Å². The maximum absolute atomic E-state index is 10.4. The minimum atomic E-state index is -1.26. The summed E-state index contributed by atoms with van der Waals surface area (Å²) in [4.78, 5) is 20.5. The summed E-state index contributed by atoms with van der Waals surface area (Å²) in [6.07, 6.45) is 0. The Morgan fingerprint density at radius 1 is 1.67 bits per heavy atom. The predicted octanol–water partition coefficient (Wildman–Crippen LogP) is -1.04. The molecule has 0 aliphatic rings. The quantitative estimate of drug-likeness (QED) is 0.407. The molecule has 0 aromatic rings. The Kier molecular flexibility index (Phi) is 4.54.